The summed E-state index contributed by atoms with van der Waals surface area (Å²) in [6.07, 6.45) is 0. The normalized spacial score (nSPS) is 11.6. The number of hydrogen-bond donors (Lipinski definition) is 0. The summed E-state index contributed by atoms with van der Waals surface area (Å²) >= 11 is 0. The maximum Gasteiger partial charge on any atom is 0.194 e. The van der Waals surface area contributed by atoms with E-state index in [9.17, 15) is 13.2 Å². The predicted molar refractivity (Wildman–Crippen MR) is 139 cm³/mol. The van der Waals surface area contributed by atoms with Crippen LogP contribution in [-0.2, 0) is 0 Å². The third-order valence-electron chi connectivity index (χ3n) is 6.97. The van der Waals surface area contributed by atoms with Gasteiger partial charge in [0.05, 0.1) is 0 Å². The van der Waals surface area contributed by atoms with E-state index in [1.54, 1.807) is 0 Å². The molecule has 0 amide bonds. The number of benzene rings is 6. The molecule has 35 heavy (non-hydrogen) atoms. The predicted octanol–water partition coefficient (Wildman–Crippen LogP) is 9.51. The fourth-order valence-corrected chi connectivity index (χ4v) is 5.18. The minimum Gasteiger partial charge on any atom is -0.204 e. The van der Waals surface area contributed by atoms with Crippen molar-refractivity contribution >= 4 is 32.3 Å². The van der Waals surface area contributed by atoms with Crippen LogP contribution in [-0.4, -0.2) is 0 Å². The van der Waals surface area contributed by atoms with E-state index in [0.29, 0.717) is 11.1 Å². The second kappa shape index (κ2) is 7.99. The van der Waals surface area contributed by atoms with Gasteiger partial charge in [0, 0.05) is 0 Å². The van der Waals surface area contributed by atoms with Gasteiger partial charge >= 0.3 is 0 Å². The van der Waals surface area contributed by atoms with Gasteiger partial charge in [0.1, 0.15) is 0 Å². The first-order valence-corrected chi connectivity index (χ1v) is 11.5. The highest BCUT2D eigenvalue weighted by molar-refractivity contribution is 6.23. The lowest BCUT2D eigenvalue weighted by molar-refractivity contribution is 0.448. The molecular formula is C32H21F3. The zero-order valence-corrected chi connectivity index (χ0v) is 19.3. The Kier molecular flexibility index (Phi) is 4.89. The Morgan fingerprint density at radius 1 is 0.486 bits per heavy atom. The lowest BCUT2D eigenvalue weighted by Crippen LogP contribution is -1.96. The quantitative estimate of drug-likeness (QED) is 0.178. The molecule has 0 unspecified atom stereocenters. The molecule has 0 atom stereocenters. The van der Waals surface area contributed by atoms with Crippen molar-refractivity contribution in [2.24, 2.45) is 0 Å². The van der Waals surface area contributed by atoms with Gasteiger partial charge in [-0.05, 0) is 91.7 Å². The number of hydrogen-bond acceptors (Lipinski definition) is 0. The molecule has 3 heteroatoms. The van der Waals surface area contributed by atoms with Gasteiger partial charge in [-0.1, -0.05) is 78.9 Å². The van der Waals surface area contributed by atoms with Crippen molar-refractivity contribution in [3.05, 3.63) is 120 Å². The summed E-state index contributed by atoms with van der Waals surface area (Å²) in [6, 6.07) is 28.8. The maximum atomic E-state index is 14.4. The summed E-state index contributed by atoms with van der Waals surface area (Å²) in [5, 5.41) is 5.96. The van der Waals surface area contributed by atoms with Gasteiger partial charge < -0.3 is 0 Å². The van der Waals surface area contributed by atoms with E-state index >= 15 is 0 Å². The minimum atomic E-state index is -1.46. The Bertz CT molecular complexity index is 1770. The van der Waals surface area contributed by atoms with E-state index in [2.05, 4.69) is 49.4 Å². The minimum absolute atomic E-state index is 0.315. The summed E-state index contributed by atoms with van der Waals surface area (Å²) in [7, 11) is 0. The van der Waals surface area contributed by atoms with Crippen LogP contribution in [0.5, 0.6) is 0 Å². The zero-order chi connectivity index (χ0) is 24.3. The summed E-state index contributed by atoms with van der Waals surface area (Å²) in [4.78, 5) is 0. The smallest absolute Gasteiger partial charge is 0.194 e. The van der Waals surface area contributed by atoms with E-state index in [0.717, 1.165) is 66.7 Å². The van der Waals surface area contributed by atoms with Crippen LogP contribution in [0.1, 0.15) is 11.1 Å². The molecule has 0 saturated heterocycles. The van der Waals surface area contributed by atoms with Crippen molar-refractivity contribution < 1.29 is 13.2 Å². The molecule has 0 radical (unpaired) electrons. The van der Waals surface area contributed by atoms with Crippen LogP contribution < -0.4 is 0 Å². The lowest BCUT2D eigenvalue weighted by Gasteiger charge is -2.20. The van der Waals surface area contributed by atoms with E-state index in [-0.39, 0.29) is 0 Å². The molecule has 170 valence electrons. The van der Waals surface area contributed by atoms with Crippen LogP contribution >= 0.6 is 0 Å². The Hall–Kier alpha value is -4.11. The first-order chi connectivity index (χ1) is 16.9. The Morgan fingerprint density at radius 3 is 1.66 bits per heavy atom. The molecule has 0 saturated carbocycles. The lowest BCUT2D eigenvalue weighted by atomic mass is 9.83. The van der Waals surface area contributed by atoms with Gasteiger partial charge in [-0.15, -0.1) is 0 Å². The molecule has 0 N–H and O–H groups in total. The maximum absolute atomic E-state index is 14.4. The molecule has 0 nitrogen and oxygen atoms in total. The highest BCUT2D eigenvalue weighted by Crippen LogP contribution is 2.46. The summed E-state index contributed by atoms with van der Waals surface area (Å²) in [6.45, 7) is 4.09. The highest BCUT2D eigenvalue weighted by Gasteiger charge is 2.20. The molecular weight excluding hydrogens is 441 g/mol. The topological polar surface area (TPSA) is 0 Å². The molecule has 6 aromatic carbocycles. The second-order valence-electron chi connectivity index (χ2n) is 9.06. The van der Waals surface area contributed by atoms with Crippen LogP contribution in [0.3, 0.4) is 0 Å². The molecule has 0 aliphatic heterocycles. The molecule has 0 aromatic heterocycles. The van der Waals surface area contributed by atoms with Crippen LogP contribution in [0, 0.1) is 31.3 Å². The molecule has 0 spiro atoms. The highest BCUT2D eigenvalue weighted by atomic mass is 19.2. The standard InChI is InChI=1S/C32H21F3/c1-18-14-26-27(15-19(18)2)31(23-13-7-9-20-8-3-4-10-22(20)23)25-12-6-5-11-24(25)30(26)21-16-28(33)32(35)29(34)17-21/h3-17H,1-2H3. The number of rotatable bonds is 2. The van der Waals surface area contributed by atoms with Gasteiger partial charge in [0.2, 0.25) is 0 Å². The van der Waals surface area contributed by atoms with E-state index in [4.69, 9.17) is 0 Å². The monoisotopic (exact) mass is 462 g/mol. The van der Waals surface area contributed by atoms with Gasteiger partial charge in [0.25, 0.3) is 0 Å². The first kappa shape index (κ1) is 21.4. The largest absolute Gasteiger partial charge is 0.204 e. The fourth-order valence-electron chi connectivity index (χ4n) is 5.18. The van der Waals surface area contributed by atoms with Crippen LogP contribution in [0.25, 0.3) is 54.6 Å². The third kappa shape index (κ3) is 3.30. The first-order valence-electron chi connectivity index (χ1n) is 11.5. The number of fused-ring (bicyclic) bond motifs is 3. The average molecular weight is 463 g/mol. The van der Waals surface area contributed by atoms with E-state index in [1.165, 1.54) is 0 Å². The molecule has 0 aliphatic rings. The Morgan fingerprint density at radius 2 is 1.00 bits per heavy atom. The summed E-state index contributed by atoms with van der Waals surface area (Å²) in [5.41, 5.74) is 5.37. The number of halogens is 3. The van der Waals surface area contributed by atoms with Crippen LogP contribution in [0.2, 0.25) is 0 Å². The van der Waals surface area contributed by atoms with Crippen molar-refractivity contribution in [3.63, 3.8) is 0 Å². The van der Waals surface area contributed by atoms with Crippen LogP contribution in [0.4, 0.5) is 13.2 Å². The second-order valence-corrected chi connectivity index (χ2v) is 9.06. The Labute approximate surface area is 201 Å². The molecule has 0 fully saturated rings. The summed E-state index contributed by atoms with van der Waals surface area (Å²) < 4.78 is 42.6. The molecule has 0 aliphatic carbocycles. The fraction of sp³-hybridized carbons (Fsp3) is 0.0625. The molecule has 6 aromatic rings. The van der Waals surface area contributed by atoms with Crippen LogP contribution in [0.15, 0.2) is 91.0 Å². The van der Waals surface area contributed by atoms with Crippen molar-refractivity contribution in [1.82, 2.24) is 0 Å². The van der Waals surface area contributed by atoms with Crippen molar-refractivity contribution in [3.8, 4) is 22.3 Å². The van der Waals surface area contributed by atoms with E-state index in [1.807, 2.05) is 43.3 Å². The van der Waals surface area contributed by atoms with Gasteiger partial charge in [-0.3, -0.25) is 0 Å². The SMILES string of the molecule is Cc1cc2c(-c3cc(F)c(F)c(F)c3)c3ccccc3c(-c3cccc4ccccc34)c2cc1C. The zero-order valence-electron chi connectivity index (χ0n) is 19.3. The molecule has 6 rings (SSSR count). The average Bonchev–Trinajstić information content (AvgIpc) is 2.86. The van der Waals surface area contributed by atoms with Gasteiger partial charge in [0.15, 0.2) is 17.5 Å². The molecule has 0 bridgehead atoms. The summed E-state index contributed by atoms with van der Waals surface area (Å²) in [5.74, 6) is -3.85. The van der Waals surface area contributed by atoms with Gasteiger partial charge in [-0.2, -0.15) is 0 Å². The number of aryl methyl sites for hydroxylation is 2. The Balaban J connectivity index is 1.86. The van der Waals surface area contributed by atoms with Crippen molar-refractivity contribution in [1.29, 1.82) is 0 Å². The van der Waals surface area contributed by atoms with Crippen molar-refractivity contribution in [2.75, 3.05) is 0 Å². The third-order valence-corrected chi connectivity index (χ3v) is 6.97. The van der Waals surface area contributed by atoms with E-state index < -0.39 is 17.5 Å². The van der Waals surface area contributed by atoms with Gasteiger partial charge in [-0.25, -0.2) is 13.2 Å². The molecule has 0 heterocycles. The van der Waals surface area contributed by atoms with Crippen molar-refractivity contribution in [2.45, 2.75) is 13.8 Å².